The molecule has 0 spiro atoms. The maximum atomic E-state index is 12.9. The summed E-state index contributed by atoms with van der Waals surface area (Å²) in [4.78, 5) is 41.1. The molecule has 1 atom stereocenters. The van der Waals surface area contributed by atoms with Gasteiger partial charge in [-0.15, -0.1) is 0 Å². The number of fused-ring (bicyclic) bond motifs is 1. The first kappa shape index (κ1) is 17.7. The Balaban J connectivity index is 1.49. The van der Waals surface area contributed by atoms with E-state index in [1.807, 2.05) is 6.07 Å². The van der Waals surface area contributed by atoms with Gasteiger partial charge in [-0.3, -0.25) is 9.59 Å². The second-order valence-corrected chi connectivity index (χ2v) is 6.96. The highest BCUT2D eigenvalue weighted by atomic mass is 16.5. The van der Waals surface area contributed by atoms with Crippen molar-refractivity contribution in [3.63, 3.8) is 0 Å². The van der Waals surface area contributed by atoms with Gasteiger partial charge < -0.3 is 19.0 Å². The number of carbonyl (C=O) groups excluding carboxylic acids is 2. The Bertz CT molecular complexity index is 916. The molecule has 2 saturated heterocycles. The van der Waals surface area contributed by atoms with Gasteiger partial charge in [0.1, 0.15) is 17.3 Å². The van der Waals surface area contributed by atoms with Crippen LogP contribution in [0.15, 0.2) is 39.5 Å². The highest BCUT2D eigenvalue weighted by molar-refractivity contribution is 5.96. The lowest BCUT2D eigenvalue weighted by molar-refractivity contribution is -0.140. The molecule has 0 N–H and O–H groups in total. The lowest BCUT2D eigenvalue weighted by Gasteiger charge is -2.24. The van der Waals surface area contributed by atoms with Crippen LogP contribution < -0.4 is 5.63 Å². The van der Waals surface area contributed by atoms with Gasteiger partial charge in [-0.2, -0.15) is 0 Å². The van der Waals surface area contributed by atoms with Gasteiger partial charge >= 0.3 is 5.63 Å². The van der Waals surface area contributed by atoms with Gasteiger partial charge in [-0.05, 0) is 31.4 Å². The van der Waals surface area contributed by atoms with Crippen molar-refractivity contribution < 1.29 is 18.7 Å². The molecule has 0 saturated carbocycles. The Labute approximate surface area is 156 Å². The molecule has 2 aromatic rings. The maximum Gasteiger partial charge on any atom is 0.349 e. The zero-order valence-corrected chi connectivity index (χ0v) is 15.1. The highest BCUT2D eigenvalue weighted by Gasteiger charge is 2.30. The molecule has 0 radical (unpaired) electrons. The van der Waals surface area contributed by atoms with E-state index < -0.39 is 5.63 Å². The van der Waals surface area contributed by atoms with Gasteiger partial charge in [-0.1, -0.05) is 18.2 Å². The Morgan fingerprint density at radius 1 is 1.00 bits per heavy atom. The maximum absolute atomic E-state index is 12.9. The molecule has 4 rings (SSSR count). The van der Waals surface area contributed by atoms with Gasteiger partial charge in [0.25, 0.3) is 11.8 Å². The van der Waals surface area contributed by atoms with Crippen molar-refractivity contribution in [3.8, 4) is 0 Å². The van der Waals surface area contributed by atoms with E-state index in [2.05, 4.69) is 0 Å². The lowest BCUT2D eigenvalue weighted by Crippen LogP contribution is -2.42. The van der Waals surface area contributed by atoms with Gasteiger partial charge in [0.2, 0.25) is 0 Å². The summed E-state index contributed by atoms with van der Waals surface area (Å²) in [6.07, 6.45) is 1.99. The first-order chi connectivity index (χ1) is 13.1. The highest BCUT2D eigenvalue weighted by Crippen LogP contribution is 2.17. The van der Waals surface area contributed by atoms with E-state index in [4.69, 9.17) is 9.15 Å². The van der Waals surface area contributed by atoms with Crippen molar-refractivity contribution >= 4 is 22.8 Å². The first-order valence-corrected chi connectivity index (χ1v) is 9.36. The number of hydrogen-bond donors (Lipinski definition) is 0. The summed E-state index contributed by atoms with van der Waals surface area (Å²) < 4.78 is 10.8. The predicted molar refractivity (Wildman–Crippen MR) is 98.6 cm³/mol. The van der Waals surface area contributed by atoms with E-state index in [0.717, 1.165) is 12.8 Å². The van der Waals surface area contributed by atoms with Crippen LogP contribution in [0.3, 0.4) is 0 Å². The zero-order chi connectivity index (χ0) is 18.8. The van der Waals surface area contributed by atoms with Crippen LogP contribution in [0.4, 0.5) is 0 Å². The number of carbonyl (C=O) groups is 2. The fourth-order valence-corrected chi connectivity index (χ4v) is 3.70. The third-order valence-electron chi connectivity index (χ3n) is 5.17. The van der Waals surface area contributed by atoms with Gasteiger partial charge in [0.15, 0.2) is 0 Å². The van der Waals surface area contributed by atoms with Crippen molar-refractivity contribution in [1.82, 2.24) is 9.80 Å². The minimum Gasteiger partial charge on any atom is -0.422 e. The number of ether oxygens (including phenoxy) is 1. The summed E-state index contributed by atoms with van der Waals surface area (Å²) in [5.74, 6) is -0.340. The number of hydrogen-bond acceptors (Lipinski definition) is 5. The summed E-state index contributed by atoms with van der Waals surface area (Å²) >= 11 is 0. The minimum absolute atomic E-state index is 0.00650. The Kier molecular flexibility index (Phi) is 4.94. The topological polar surface area (TPSA) is 80.1 Å². The van der Waals surface area contributed by atoms with E-state index in [0.29, 0.717) is 50.2 Å². The molecule has 7 nitrogen and oxygen atoms in total. The molecule has 1 aromatic carbocycles. The molecule has 7 heteroatoms. The molecule has 1 aromatic heterocycles. The van der Waals surface area contributed by atoms with Crippen LogP contribution in [0.1, 0.15) is 29.6 Å². The summed E-state index contributed by atoms with van der Waals surface area (Å²) in [7, 11) is 0. The van der Waals surface area contributed by atoms with Crippen molar-refractivity contribution in [3.05, 3.63) is 46.3 Å². The number of nitrogens with zero attached hydrogens (tertiary/aromatic N) is 2. The van der Waals surface area contributed by atoms with E-state index in [1.165, 1.54) is 0 Å². The standard InChI is InChI=1S/C20H22N2O5/c23-18(15-13-14-5-1-2-6-16(14)27-20(15)25)21-8-4-9-22(11-10-21)19(24)17-7-3-12-26-17/h1-2,5-6,13,17H,3-4,7-12H2. The molecule has 27 heavy (non-hydrogen) atoms. The van der Waals surface area contributed by atoms with Gasteiger partial charge in [0, 0.05) is 38.2 Å². The normalized spacial score (nSPS) is 20.7. The molecule has 1 unspecified atom stereocenters. The van der Waals surface area contributed by atoms with Crippen LogP contribution in [0.25, 0.3) is 11.0 Å². The molecular weight excluding hydrogens is 348 g/mol. The van der Waals surface area contributed by atoms with Crippen LogP contribution in [0.5, 0.6) is 0 Å². The third kappa shape index (κ3) is 3.60. The summed E-state index contributed by atoms with van der Waals surface area (Å²) in [6.45, 7) is 2.56. The van der Waals surface area contributed by atoms with Crippen molar-refractivity contribution in [2.24, 2.45) is 0 Å². The molecule has 0 aliphatic carbocycles. The Morgan fingerprint density at radius 2 is 1.78 bits per heavy atom. The number of rotatable bonds is 2. The molecule has 3 heterocycles. The predicted octanol–water partition coefficient (Wildman–Crippen LogP) is 1.65. The monoisotopic (exact) mass is 370 g/mol. The fraction of sp³-hybridized carbons (Fsp3) is 0.450. The van der Waals surface area contributed by atoms with Crippen LogP contribution >= 0.6 is 0 Å². The number of para-hydroxylation sites is 1. The van der Waals surface area contributed by atoms with Crippen LogP contribution in [0.2, 0.25) is 0 Å². The third-order valence-corrected chi connectivity index (χ3v) is 5.17. The van der Waals surface area contributed by atoms with Crippen molar-refractivity contribution in [2.45, 2.75) is 25.4 Å². The summed E-state index contributed by atoms with van der Waals surface area (Å²) in [5, 5.41) is 0.713. The van der Waals surface area contributed by atoms with E-state index >= 15 is 0 Å². The smallest absolute Gasteiger partial charge is 0.349 e. The average Bonchev–Trinajstić information content (AvgIpc) is 3.11. The lowest BCUT2D eigenvalue weighted by atomic mass is 10.1. The number of amides is 2. The van der Waals surface area contributed by atoms with Gasteiger partial charge in [0.05, 0.1) is 0 Å². The summed E-state index contributed by atoms with van der Waals surface area (Å²) in [6, 6.07) is 8.70. The molecule has 0 bridgehead atoms. The zero-order valence-electron chi connectivity index (χ0n) is 15.1. The Hall–Kier alpha value is -2.67. The average molecular weight is 370 g/mol. The fourth-order valence-electron chi connectivity index (χ4n) is 3.70. The number of benzene rings is 1. The van der Waals surface area contributed by atoms with E-state index in [-0.39, 0.29) is 23.5 Å². The quantitative estimate of drug-likeness (QED) is 0.751. The minimum atomic E-state index is -0.629. The Morgan fingerprint density at radius 3 is 2.59 bits per heavy atom. The van der Waals surface area contributed by atoms with E-state index in [1.54, 1.807) is 34.1 Å². The molecule has 2 fully saturated rings. The van der Waals surface area contributed by atoms with Crippen molar-refractivity contribution in [2.75, 3.05) is 32.8 Å². The SMILES string of the molecule is O=C(c1cc2ccccc2oc1=O)N1CCCN(C(=O)C2CCCO2)CC1. The van der Waals surface area contributed by atoms with Crippen LogP contribution in [0, 0.1) is 0 Å². The second kappa shape index (κ2) is 7.52. The van der Waals surface area contributed by atoms with E-state index in [9.17, 15) is 14.4 Å². The first-order valence-electron chi connectivity index (χ1n) is 9.36. The van der Waals surface area contributed by atoms with Crippen LogP contribution in [-0.4, -0.2) is 60.5 Å². The molecule has 2 amide bonds. The van der Waals surface area contributed by atoms with Gasteiger partial charge in [-0.25, -0.2) is 4.79 Å². The van der Waals surface area contributed by atoms with Crippen LogP contribution in [-0.2, 0) is 9.53 Å². The second-order valence-electron chi connectivity index (χ2n) is 6.96. The summed E-state index contributed by atoms with van der Waals surface area (Å²) in [5.41, 5.74) is -0.133. The van der Waals surface area contributed by atoms with Crippen molar-refractivity contribution in [1.29, 1.82) is 0 Å². The molecule has 142 valence electrons. The molecule has 2 aliphatic rings. The molecular formula is C20H22N2O5. The molecule has 2 aliphatic heterocycles. The largest absolute Gasteiger partial charge is 0.422 e.